The molecule has 0 bridgehead atoms. The molecule has 0 atom stereocenters. The molecule has 1 aromatic carbocycles. The van der Waals surface area contributed by atoms with Gasteiger partial charge in [0.2, 0.25) is 0 Å². The first-order valence-electron chi connectivity index (χ1n) is 7.18. The summed E-state index contributed by atoms with van der Waals surface area (Å²) in [5, 5.41) is 4.34. The lowest BCUT2D eigenvalue weighted by molar-refractivity contribution is 0.0728. The molecule has 0 unspecified atom stereocenters. The third-order valence-electron chi connectivity index (χ3n) is 3.97. The van der Waals surface area contributed by atoms with Crippen molar-refractivity contribution in [1.82, 2.24) is 19.5 Å². The first-order chi connectivity index (χ1) is 11.1. The molecule has 3 heterocycles. The predicted molar refractivity (Wildman–Crippen MR) is 93.3 cm³/mol. The zero-order valence-corrected chi connectivity index (χ0v) is 15.2. The fourth-order valence-electron chi connectivity index (χ4n) is 2.82. The standard InChI is InChI=1S/C16H12Br2N4O/c17-12-2-1-11-8-21(4-3-10(11)5-12)16(23)14-6-15-19-7-13(18)9-22(15)20-14/h1-2,5-7,9H,3-4,8H2. The number of fused-ring (bicyclic) bond motifs is 2. The molecule has 23 heavy (non-hydrogen) atoms. The summed E-state index contributed by atoms with van der Waals surface area (Å²) in [6.45, 7) is 1.32. The van der Waals surface area contributed by atoms with E-state index < -0.39 is 0 Å². The fourth-order valence-corrected chi connectivity index (χ4v) is 3.52. The van der Waals surface area contributed by atoms with Crippen LogP contribution in [0.4, 0.5) is 0 Å². The van der Waals surface area contributed by atoms with E-state index in [-0.39, 0.29) is 5.91 Å². The Morgan fingerprint density at radius 1 is 1.13 bits per heavy atom. The Kier molecular flexibility index (Phi) is 3.69. The Balaban J connectivity index is 1.62. The van der Waals surface area contributed by atoms with Gasteiger partial charge in [-0.1, -0.05) is 22.0 Å². The van der Waals surface area contributed by atoms with Crippen molar-refractivity contribution in [3.05, 3.63) is 62.4 Å². The SMILES string of the molecule is O=C(c1cc2ncc(Br)cn2n1)N1CCc2cc(Br)ccc2C1. The third kappa shape index (κ3) is 2.79. The maximum absolute atomic E-state index is 12.7. The van der Waals surface area contributed by atoms with Crippen LogP contribution in [0.25, 0.3) is 5.65 Å². The van der Waals surface area contributed by atoms with Gasteiger partial charge in [0, 0.05) is 36.0 Å². The van der Waals surface area contributed by atoms with Gasteiger partial charge in [-0.15, -0.1) is 0 Å². The van der Waals surface area contributed by atoms with Crippen LogP contribution >= 0.6 is 31.9 Å². The van der Waals surface area contributed by atoms with Crippen LogP contribution in [0.2, 0.25) is 0 Å². The summed E-state index contributed by atoms with van der Waals surface area (Å²) in [4.78, 5) is 18.8. The maximum atomic E-state index is 12.7. The van der Waals surface area contributed by atoms with E-state index >= 15 is 0 Å². The van der Waals surface area contributed by atoms with E-state index in [2.05, 4.69) is 54.1 Å². The highest BCUT2D eigenvalue weighted by Gasteiger charge is 2.24. The number of hydrogen-bond donors (Lipinski definition) is 0. The number of nitrogens with zero attached hydrogens (tertiary/aromatic N) is 4. The molecule has 116 valence electrons. The van der Waals surface area contributed by atoms with E-state index in [1.165, 1.54) is 11.1 Å². The van der Waals surface area contributed by atoms with Gasteiger partial charge >= 0.3 is 0 Å². The second kappa shape index (κ2) is 5.72. The Bertz CT molecular complexity index is 922. The quantitative estimate of drug-likeness (QED) is 0.588. The summed E-state index contributed by atoms with van der Waals surface area (Å²) in [5.74, 6) is -0.0554. The summed E-state index contributed by atoms with van der Waals surface area (Å²) in [7, 11) is 0. The molecule has 0 aliphatic carbocycles. The number of carbonyl (C=O) groups excluding carboxylic acids is 1. The van der Waals surface area contributed by atoms with Crippen molar-refractivity contribution in [2.45, 2.75) is 13.0 Å². The molecular formula is C16H12Br2N4O. The lowest BCUT2D eigenvalue weighted by Gasteiger charge is -2.28. The molecule has 0 N–H and O–H groups in total. The molecule has 0 saturated heterocycles. The molecule has 4 rings (SSSR count). The minimum atomic E-state index is -0.0554. The predicted octanol–water partition coefficient (Wildman–Crippen LogP) is 3.45. The molecule has 7 heteroatoms. The van der Waals surface area contributed by atoms with Gasteiger partial charge in [0.25, 0.3) is 5.91 Å². The number of benzene rings is 1. The maximum Gasteiger partial charge on any atom is 0.274 e. The average Bonchev–Trinajstić information content (AvgIpc) is 2.96. The summed E-state index contributed by atoms with van der Waals surface area (Å²) < 4.78 is 3.52. The Hall–Kier alpha value is -1.73. The molecule has 2 aromatic heterocycles. The summed E-state index contributed by atoms with van der Waals surface area (Å²) in [6.07, 6.45) is 4.35. The largest absolute Gasteiger partial charge is 0.333 e. The van der Waals surface area contributed by atoms with E-state index in [4.69, 9.17) is 0 Å². The lowest BCUT2D eigenvalue weighted by atomic mass is 10.00. The van der Waals surface area contributed by atoms with Crippen LogP contribution in [-0.4, -0.2) is 31.9 Å². The van der Waals surface area contributed by atoms with Gasteiger partial charge in [0.1, 0.15) is 0 Å². The second-order valence-electron chi connectivity index (χ2n) is 5.49. The van der Waals surface area contributed by atoms with E-state index in [0.29, 0.717) is 24.4 Å². The van der Waals surface area contributed by atoms with Crippen molar-refractivity contribution in [1.29, 1.82) is 0 Å². The van der Waals surface area contributed by atoms with Crippen molar-refractivity contribution >= 4 is 43.4 Å². The van der Waals surface area contributed by atoms with E-state index in [1.807, 2.05) is 11.0 Å². The highest BCUT2D eigenvalue weighted by atomic mass is 79.9. The molecule has 0 spiro atoms. The van der Waals surface area contributed by atoms with Gasteiger partial charge < -0.3 is 4.90 Å². The zero-order valence-electron chi connectivity index (χ0n) is 12.0. The van der Waals surface area contributed by atoms with Gasteiger partial charge in [-0.2, -0.15) is 5.10 Å². The number of amides is 1. The van der Waals surface area contributed by atoms with Crippen molar-refractivity contribution in [3.63, 3.8) is 0 Å². The molecule has 0 saturated carbocycles. The van der Waals surface area contributed by atoms with Crippen molar-refractivity contribution < 1.29 is 4.79 Å². The molecule has 1 amide bonds. The van der Waals surface area contributed by atoms with Crippen LogP contribution in [0.5, 0.6) is 0 Å². The van der Waals surface area contributed by atoms with Crippen molar-refractivity contribution in [2.75, 3.05) is 6.54 Å². The summed E-state index contributed by atoms with van der Waals surface area (Å²) >= 11 is 6.85. The van der Waals surface area contributed by atoms with Crippen LogP contribution in [0, 0.1) is 0 Å². The fraction of sp³-hybridized carbons (Fsp3) is 0.188. The molecule has 3 aromatic rings. The van der Waals surface area contributed by atoms with E-state index in [1.54, 1.807) is 23.0 Å². The minimum Gasteiger partial charge on any atom is -0.333 e. The second-order valence-corrected chi connectivity index (χ2v) is 7.33. The van der Waals surface area contributed by atoms with Gasteiger partial charge in [-0.05, 0) is 45.6 Å². The first-order valence-corrected chi connectivity index (χ1v) is 8.76. The van der Waals surface area contributed by atoms with E-state index in [0.717, 1.165) is 15.4 Å². The molecule has 5 nitrogen and oxygen atoms in total. The molecule has 0 fully saturated rings. The summed E-state index contributed by atoms with van der Waals surface area (Å²) in [6, 6.07) is 7.94. The number of carbonyl (C=O) groups is 1. The third-order valence-corrected chi connectivity index (χ3v) is 4.87. The Labute approximate surface area is 149 Å². The highest BCUT2D eigenvalue weighted by molar-refractivity contribution is 9.10. The van der Waals surface area contributed by atoms with Crippen LogP contribution in [0.1, 0.15) is 21.6 Å². The van der Waals surface area contributed by atoms with Crippen LogP contribution in [-0.2, 0) is 13.0 Å². The summed E-state index contributed by atoms with van der Waals surface area (Å²) in [5.41, 5.74) is 3.58. The highest BCUT2D eigenvalue weighted by Crippen LogP contribution is 2.24. The molecule has 1 aliphatic heterocycles. The smallest absolute Gasteiger partial charge is 0.274 e. The molecule has 1 aliphatic rings. The van der Waals surface area contributed by atoms with Crippen LogP contribution in [0.15, 0.2) is 45.6 Å². The van der Waals surface area contributed by atoms with Crippen LogP contribution in [0.3, 0.4) is 0 Å². The number of aromatic nitrogens is 3. The Morgan fingerprint density at radius 2 is 2.00 bits per heavy atom. The number of hydrogen-bond acceptors (Lipinski definition) is 3. The Morgan fingerprint density at radius 3 is 2.87 bits per heavy atom. The van der Waals surface area contributed by atoms with E-state index in [9.17, 15) is 4.79 Å². The number of halogens is 2. The van der Waals surface area contributed by atoms with Gasteiger partial charge in [0.15, 0.2) is 11.3 Å². The molecular weight excluding hydrogens is 424 g/mol. The van der Waals surface area contributed by atoms with Crippen LogP contribution < -0.4 is 0 Å². The normalized spacial score (nSPS) is 14.1. The average molecular weight is 436 g/mol. The first kappa shape index (κ1) is 14.8. The van der Waals surface area contributed by atoms with Crippen molar-refractivity contribution in [3.8, 4) is 0 Å². The van der Waals surface area contributed by atoms with Crippen molar-refractivity contribution in [2.24, 2.45) is 0 Å². The zero-order chi connectivity index (χ0) is 16.0. The molecule has 0 radical (unpaired) electrons. The topological polar surface area (TPSA) is 50.5 Å². The monoisotopic (exact) mass is 434 g/mol. The minimum absolute atomic E-state index is 0.0554. The lowest BCUT2D eigenvalue weighted by Crippen LogP contribution is -2.36. The van der Waals surface area contributed by atoms with Gasteiger partial charge in [-0.25, -0.2) is 9.50 Å². The number of rotatable bonds is 1. The van der Waals surface area contributed by atoms with Gasteiger partial charge in [-0.3, -0.25) is 4.79 Å². The van der Waals surface area contributed by atoms with Gasteiger partial charge in [0.05, 0.1) is 4.47 Å².